The normalized spacial score (nSPS) is 10.9. The monoisotopic (exact) mass is 350 g/mol. The Morgan fingerprint density at radius 2 is 1.80 bits per heavy atom. The first-order chi connectivity index (χ1) is 12.2. The minimum absolute atomic E-state index is 0.240. The van der Waals surface area contributed by atoms with Crippen molar-refractivity contribution in [3.63, 3.8) is 0 Å². The lowest BCUT2D eigenvalue weighted by molar-refractivity contribution is 0.306. The molecule has 25 heavy (non-hydrogen) atoms. The van der Waals surface area contributed by atoms with Crippen LogP contribution in [0.2, 0.25) is 0 Å². The average molecular weight is 350 g/mol. The summed E-state index contributed by atoms with van der Waals surface area (Å²) in [6, 6.07) is 17.6. The number of benzene rings is 2. The van der Waals surface area contributed by atoms with E-state index in [2.05, 4.69) is 15.3 Å². The number of fused-ring (bicyclic) bond motifs is 1. The number of hydrogen-bond donors (Lipinski definition) is 0. The maximum atomic E-state index is 12.0. The molecule has 2 aromatic heterocycles. The highest BCUT2D eigenvalue weighted by atomic mass is 32.1. The van der Waals surface area contributed by atoms with E-state index in [0.717, 1.165) is 16.9 Å². The molecular formula is C18H14N4O2S. The quantitative estimate of drug-likeness (QED) is 0.566. The summed E-state index contributed by atoms with van der Waals surface area (Å²) < 4.78 is 7.08. The predicted octanol–water partition coefficient (Wildman–Crippen LogP) is 3.10. The summed E-state index contributed by atoms with van der Waals surface area (Å²) in [6.07, 6.45) is 0. The minimum Gasteiger partial charge on any atom is -0.489 e. The van der Waals surface area contributed by atoms with Gasteiger partial charge in [0, 0.05) is 5.56 Å². The summed E-state index contributed by atoms with van der Waals surface area (Å²) in [5.41, 5.74) is 2.11. The zero-order valence-electron chi connectivity index (χ0n) is 13.4. The van der Waals surface area contributed by atoms with Crippen LogP contribution in [-0.4, -0.2) is 19.8 Å². The van der Waals surface area contributed by atoms with Crippen LogP contribution >= 0.6 is 11.3 Å². The molecule has 0 saturated carbocycles. The first-order valence-corrected chi connectivity index (χ1v) is 8.53. The van der Waals surface area contributed by atoms with Gasteiger partial charge in [0.1, 0.15) is 23.1 Å². The summed E-state index contributed by atoms with van der Waals surface area (Å²) in [4.78, 5) is 12.5. The van der Waals surface area contributed by atoms with Crippen molar-refractivity contribution < 1.29 is 4.74 Å². The highest BCUT2D eigenvalue weighted by Gasteiger charge is 2.11. The number of nitrogens with zero attached hydrogens (tertiary/aromatic N) is 4. The highest BCUT2D eigenvalue weighted by Crippen LogP contribution is 2.26. The zero-order valence-corrected chi connectivity index (χ0v) is 14.2. The molecule has 0 atom stereocenters. The molecule has 0 aliphatic heterocycles. The molecule has 0 radical (unpaired) electrons. The molecule has 2 aromatic carbocycles. The van der Waals surface area contributed by atoms with Crippen LogP contribution in [0.15, 0.2) is 59.4 Å². The van der Waals surface area contributed by atoms with Crippen LogP contribution in [0, 0.1) is 6.92 Å². The Kier molecular flexibility index (Phi) is 3.99. The van der Waals surface area contributed by atoms with Gasteiger partial charge >= 0.3 is 0 Å². The second-order valence-electron chi connectivity index (χ2n) is 5.49. The summed E-state index contributed by atoms with van der Waals surface area (Å²) in [5, 5.41) is 12.9. The van der Waals surface area contributed by atoms with Gasteiger partial charge in [0.05, 0.1) is 0 Å². The van der Waals surface area contributed by atoms with Crippen LogP contribution < -0.4 is 10.3 Å². The maximum Gasteiger partial charge on any atom is 0.296 e. The number of hydrogen-bond acceptors (Lipinski definition) is 6. The van der Waals surface area contributed by atoms with Gasteiger partial charge in [0.2, 0.25) is 4.96 Å². The van der Waals surface area contributed by atoms with E-state index < -0.39 is 0 Å². The van der Waals surface area contributed by atoms with Crippen molar-refractivity contribution in [2.45, 2.75) is 13.5 Å². The van der Waals surface area contributed by atoms with Gasteiger partial charge in [0.25, 0.3) is 5.56 Å². The minimum atomic E-state index is -0.240. The largest absolute Gasteiger partial charge is 0.489 e. The fourth-order valence-electron chi connectivity index (χ4n) is 2.34. The molecule has 0 spiro atoms. The molecule has 6 nitrogen and oxygen atoms in total. The molecule has 0 fully saturated rings. The second-order valence-corrected chi connectivity index (χ2v) is 6.45. The molecule has 0 bridgehead atoms. The van der Waals surface area contributed by atoms with Crippen LogP contribution in [0.1, 0.15) is 11.3 Å². The van der Waals surface area contributed by atoms with Crippen molar-refractivity contribution in [1.29, 1.82) is 0 Å². The van der Waals surface area contributed by atoms with Gasteiger partial charge in [0.15, 0.2) is 0 Å². The molecule has 0 N–H and O–H groups in total. The van der Waals surface area contributed by atoms with Gasteiger partial charge in [-0.1, -0.05) is 41.7 Å². The van der Waals surface area contributed by atoms with E-state index in [9.17, 15) is 4.79 Å². The number of ether oxygens (including phenoxy) is 1. The third-order valence-corrected chi connectivity index (χ3v) is 4.64. The molecule has 0 amide bonds. The standard InChI is InChI=1S/C18H14N4O2S/c1-12-17(23)22-18(20-19-12)25-16(21-22)14-7-9-15(10-8-14)24-11-13-5-3-2-4-6-13/h2-10H,11H2,1H3. The molecule has 124 valence electrons. The van der Waals surface area contributed by atoms with Gasteiger partial charge in [-0.15, -0.1) is 10.2 Å². The number of rotatable bonds is 4. The van der Waals surface area contributed by atoms with Gasteiger partial charge in [-0.05, 0) is 36.8 Å². The lowest BCUT2D eigenvalue weighted by Crippen LogP contribution is -2.19. The fraction of sp³-hybridized carbons (Fsp3) is 0.111. The molecule has 0 saturated heterocycles. The van der Waals surface area contributed by atoms with E-state index in [4.69, 9.17) is 4.74 Å². The fourth-order valence-corrected chi connectivity index (χ4v) is 3.19. The molecule has 4 aromatic rings. The lowest BCUT2D eigenvalue weighted by atomic mass is 10.2. The first-order valence-electron chi connectivity index (χ1n) is 7.71. The van der Waals surface area contributed by atoms with Gasteiger partial charge in [-0.3, -0.25) is 4.79 Å². The van der Waals surface area contributed by atoms with Crippen LogP contribution in [0.3, 0.4) is 0 Å². The van der Waals surface area contributed by atoms with Crippen molar-refractivity contribution in [3.8, 4) is 16.3 Å². The Morgan fingerprint density at radius 1 is 1.04 bits per heavy atom. The van der Waals surface area contributed by atoms with Crippen molar-refractivity contribution in [2.24, 2.45) is 0 Å². The summed E-state index contributed by atoms with van der Waals surface area (Å²) in [5.74, 6) is 0.779. The van der Waals surface area contributed by atoms with Crippen molar-refractivity contribution in [3.05, 3.63) is 76.2 Å². The van der Waals surface area contributed by atoms with E-state index >= 15 is 0 Å². The summed E-state index contributed by atoms with van der Waals surface area (Å²) in [6.45, 7) is 2.14. The first kappa shape index (κ1) is 15.5. The highest BCUT2D eigenvalue weighted by molar-refractivity contribution is 7.19. The third-order valence-electron chi connectivity index (χ3n) is 3.70. The Hall–Kier alpha value is -3.06. The molecule has 2 heterocycles. The molecule has 0 unspecified atom stereocenters. The lowest BCUT2D eigenvalue weighted by Gasteiger charge is -2.06. The molecule has 0 aliphatic carbocycles. The number of aryl methyl sites for hydroxylation is 1. The zero-order chi connectivity index (χ0) is 17.2. The molecular weight excluding hydrogens is 336 g/mol. The Morgan fingerprint density at radius 3 is 2.56 bits per heavy atom. The summed E-state index contributed by atoms with van der Waals surface area (Å²) in [7, 11) is 0. The van der Waals surface area contributed by atoms with Crippen LogP contribution in [-0.2, 0) is 6.61 Å². The molecule has 4 rings (SSSR count). The van der Waals surface area contributed by atoms with E-state index in [-0.39, 0.29) is 5.56 Å². The van der Waals surface area contributed by atoms with Gasteiger partial charge < -0.3 is 4.74 Å². The Balaban J connectivity index is 1.56. The van der Waals surface area contributed by atoms with Crippen molar-refractivity contribution >= 4 is 16.3 Å². The Bertz CT molecular complexity index is 1070. The van der Waals surface area contributed by atoms with Crippen LogP contribution in [0.25, 0.3) is 15.5 Å². The third kappa shape index (κ3) is 3.14. The van der Waals surface area contributed by atoms with Crippen molar-refractivity contribution in [1.82, 2.24) is 19.8 Å². The smallest absolute Gasteiger partial charge is 0.296 e. The number of aromatic nitrogens is 4. The van der Waals surface area contributed by atoms with Crippen LogP contribution in [0.5, 0.6) is 5.75 Å². The second kappa shape index (κ2) is 6.45. The predicted molar refractivity (Wildman–Crippen MR) is 95.9 cm³/mol. The van der Waals surface area contributed by atoms with E-state index in [0.29, 0.717) is 22.3 Å². The average Bonchev–Trinajstić information content (AvgIpc) is 3.09. The summed E-state index contributed by atoms with van der Waals surface area (Å²) >= 11 is 1.33. The van der Waals surface area contributed by atoms with Crippen molar-refractivity contribution in [2.75, 3.05) is 0 Å². The van der Waals surface area contributed by atoms with E-state index in [1.54, 1.807) is 6.92 Å². The maximum absolute atomic E-state index is 12.0. The topological polar surface area (TPSA) is 69.4 Å². The van der Waals surface area contributed by atoms with E-state index in [1.807, 2.05) is 54.6 Å². The Labute approximate surface area is 147 Å². The van der Waals surface area contributed by atoms with Crippen LogP contribution in [0.4, 0.5) is 0 Å². The van der Waals surface area contributed by atoms with Gasteiger partial charge in [-0.2, -0.15) is 9.61 Å². The SMILES string of the molecule is Cc1nnc2sc(-c3ccc(OCc4ccccc4)cc3)nn2c1=O. The molecule has 7 heteroatoms. The van der Waals surface area contributed by atoms with Gasteiger partial charge in [-0.25, -0.2) is 0 Å². The van der Waals surface area contributed by atoms with E-state index in [1.165, 1.54) is 15.9 Å². The molecule has 0 aliphatic rings.